The summed E-state index contributed by atoms with van der Waals surface area (Å²) in [6.07, 6.45) is -1.25. The number of hydrogen-bond donors (Lipinski definition) is 0. The molecule has 0 aromatic carbocycles. The minimum absolute atomic E-state index is 0.215. The van der Waals surface area contributed by atoms with Crippen molar-refractivity contribution in [3.8, 4) is 0 Å². The summed E-state index contributed by atoms with van der Waals surface area (Å²) in [5, 5.41) is 0. The minimum Gasteiger partial charge on any atom is -0.447 e. The van der Waals surface area contributed by atoms with E-state index in [1.54, 1.807) is 20.8 Å². The van der Waals surface area contributed by atoms with Crippen LogP contribution in [0.15, 0.2) is 0 Å². The van der Waals surface area contributed by atoms with Gasteiger partial charge in [-0.3, -0.25) is 0 Å². The Balaban J connectivity index is 2.69. The summed E-state index contributed by atoms with van der Waals surface area (Å²) in [6, 6.07) is -0.215. The van der Waals surface area contributed by atoms with E-state index in [4.69, 9.17) is 9.47 Å². The standard InChI is InChI=1S/C9H14INO4/c1-9(2,3)15-8(13)11-6(4-10)5-14-7(11)12/h6H,4-5H2,1-3H3/t6-/m1/s1. The summed E-state index contributed by atoms with van der Waals surface area (Å²) in [6.45, 7) is 5.52. The zero-order valence-corrected chi connectivity index (χ0v) is 11.1. The number of ether oxygens (including phenoxy) is 2. The third kappa shape index (κ3) is 3.22. The van der Waals surface area contributed by atoms with Crippen LogP contribution in [0.25, 0.3) is 0 Å². The molecule has 1 atom stereocenters. The molecule has 0 unspecified atom stereocenters. The number of rotatable bonds is 1. The molecule has 0 radical (unpaired) electrons. The van der Waals surface area contributed by atoms with Crippen molar-refractivity contribution in [3.05, 3.63) is 0 Å². The second kappa shape index (κ2) is 4.54. The Bertz CT molecular complexity index is 274. The predicted molar refractivity (Wildman–Crippen MR) is 62.1 cm³/mol. The lowest BCUT2D eigenvalue weighted by atomic mass is 10.2. The highest BCUT2D eigenvalue weighted by Gasteiger charge is 2.39. The highest BCUT2D eigenvalue weighted by molar-refractivity contribution is 14.1. The molecule has 1 aliphatic heterocycles. The van der Waals surface area contributed by atoms with Crippen molar-refractivity contribution in [1.82, 2.24) is 4.90 Å². The van der Waals surface area contributed by atoms with Gasteiger partial charge in [0.2, 0.25) is 0 Å². The average Bonchev–Trinajstić information content (AvgIpc) is 2.43. The van der Waals surface area contributed by atoms with Crippen molar-refractivity contribution in [2.24, 2.45) is 0 Å². The van der Waals surface area contributed by atoms with Crippen LogP contribution in [0.2, 0.25) is 0 Å². The molecular weight excluding hydrogens is 313 g/mol. The summed E-state index contributed by atoms with van der Waals surface area (Å²) >= 11 is 2.10. The van der Waals surface area contributed by atoms with Crippen LogP contribution in [0, 0.1) is 0 Å². The molecule has 0 aromatic rings. The third-order valence-electron chi connectivity index (χ3n) is 1.73. The molecule has 0 aliphatic carbocycles. The maximum Gasteiger partial charge on any atom is 0.420 e. The van der Waals surface area contributed by atoms with E-state index < -0.39 is 17.8 Å². The first-order valence-corrected chi connectivity index (χ1v) is 6.12. The van der Waals surface area contributed by atoms with E-state index >= 15 is 0 Å². The molecule has 2 amide bonds. The molecule has 0 saturated carbocycles. The van der Waals surface area contributed by atoms with Gasteiger partial charge in [-0.1, -0.05) is 22.6 Å². The second-order valence-electron chi connectivity index (χ2n) is 4.24. The lowest BCUT2D eigenvalue weighted by Gasteiger charge is -2.24. The second-order valence-corrected chi connectivity index (χ2v) is 5.12. The molecule has 6 heteroatoms. The number of carbonyl (C=O) groups excluding carboxylic acids is 2. The number of imide groups is 1. The van der Waals surface area contributed by atoms with E-state index in [2.05, 4.69) is 22.6 Å². The highest BCUT2D eigenvalue weighted by atomic mass is 127. The van der Waals surface area contributed by atoms with Gasteiger partial charge in [0.1, 0.15) is 12.2 Å². The maximum atomic E-state index is 11.6. The SMILES string of the molecule is CC(C)(C)OC(=O)N1C(=O)OC[C@H]1CI. The molecule has 15 heavy (non-hydrogen) atoms. The Hall–Kier alpha value is -0.530. The van der Waals surface area contributed by atoms with Gasteiger partial charge >= 0.3 is 12.2 Å². The Morgan fingerprint density at radius 3 is 2.73 bits per heavy atom. The minimum atomic E-state index is -0.633. The molecule has 1 aliphatic rings. The van der Waals surface area contributed by atoms with Crippen LogP contribution in [-0.2, 0) is 9.47 Å². The van der Waals surface area contributed by atoms with E-state index in [0.29, 0.717) is 4.43 Å². The molecule has 86 valence electrons. The van der Waals surface area contributed by atoms with Gasteiger partial charge in [0.05, 0.1) is 6.04 Å². The number of alkyl halides is 1. The van der Waals surface area contributed by atoms with E-state index in [0.717, 1.165) is 4.90 Å². The lowest BCUT2D eigenvalue weighted by Crippen LogP contribution is -2.43. The van der Waals surface area contributed by atoms with Gasteiger partial charge in [0.15, 0.2) is 0 Å². The lowest BCUT2D eigenvalue weighted by molar-refractivity contribution is 0.0304. The summed E-state index contributed by atoms with van der Waals surface area (Å²) in [5.41, 5.74) is -0.601. The van der Waals surface area contributed by atoms with Crippen LogP contribution >= 0.6 is 22.6 Å². The number of cyclic esters (lactones) is 1. The summed E-state index contributed by atoms with van der Waals surface area (Å²) in [4.78, 5) is 24.0. The van der Waals surface area contributed by atoms with Crippen LogP contribution in [0.3, 0.4) is 0 Å². The van der Waals surface area contributed by atoms with Crippen LogP contribution in [0.4, 0.5) is 9.59 Å². The zero-order chi connectivity index (χ0) is 11.6. The van der Waals surface area contributed by atoms with Crippen LogP contribution in [0.5, 0.6) is 0 Å². The van der Waals surface area contributed by atoms with Crippen molar-refractivity contribution in [1.29, 1.82) is 0 Å². The van der Waals surface area contributed by atoms with E-state index in [-0.39, 0.29) is 12.6 Å². The maximum absolute atomic E-state index is 11.6. The van der Waals surface area contributed by atoms with Gasteiger partial charge in [-0.2, -0.15) is 0 Å². The molecule has 0 spiro atoms. The Morgan fingerprint density at radius 1 is 1.67 bits per heavy atom. The molecule has 5 nitrogen and oxygen atoms in total. The van der Waals surface area contributed by atoms with Crippen molar-refractivity contribution >= 4 is 34.8 Å². The highest BCUT2D eigenvalue weighted by Crippen LogP contribution is 2.18. The van der Waals surface area contributed by atoms with E-state index in [1.807, 2.05) is 0 Å². The zero-order valence-electron chi connectivity index (χ0n) is 8.95. The summed E-state index contributed by atoms with van der Waals surface area (Å²) < 4.78 is 10.5. The first-order chi connectivity index (χ1) is 6.85. The van der Waals surface area contributed by atoms with Crippen LogP contribution < -0.4 is 0 Å². The van der Waals surface area contributed by atoms with Crippen LogP contribution in [0.1, 0.15) is 20.8 Å². The Kier molecular flexibility index (Phi) is 3.80. The first kappa shape index (κ1) is 12.5. The van der Waals surface area contributed by atoms with Gasteiger partial charge in [0.25, 0.3) is 0 Å². The summed E-state index contributed by atoms with van der Waals surface area (Å²) in [5.74, 6) is 0. The number of hydrogen-bond acceptors (Lipinski definition) is 4. The monoisotopic (exact) mass is 327 g/mol. The van der Waals surface area contributed by atoms with Gasteiger partial charge in [-0.05, 0) is 20.8 Å². The van der Waals surface area contributed by atoms with E-state index in [9.17, 15) is 9.59 Å². The molecule has 1 fully saturated rings. The van der Waals surface area contributed by atoms with Gasteiger partial charge in [-0.25, -0.2) is 14.5 Å². The molecular formula is C9H14INO4. The normalized spacial score (nSPS) is 21.5. The predicted octanol–water partition coefficient (Wildman–Crippen LogP) is 2.18. The fourth-order valence-corrected chi connectivity index (χ4v) is 1.76. The summed E-state index contributed by atoms with van der Waals surface area (Å²) in [7, 11) is 0. The van der Waals surface area contributed by atoms with Gasteiger partial charge < -0.3 is 9.47 Å². The topological polar surface area (TPSA) is 55.8 Å². The molecule has 0 bridgehead atoms. The van der Waals surface area contributed by atoms with Crippen molar-refractivity contribution in [2.45, 2.75) is 32.4 Å². The largest absolute Gasteiger partial charge is 0.447 e. The van der Waals surface area contributed by atoms with E-state index in [1.165, 1.54) is 0 Å². The fourth-order valence-electron chi connectivity index (χ4n) is 1.11. The molecule has 0 aromatic heterocycles. The van der Waals surface area contributed by atoms with Crippen molar-refractivity contribution in [2.75, 3.05) is 11.0 Å². The number of halogens is 1. The smallest absolute Gasteiger partial charge is 0.420 e. The number of nitrogens with zero attached hydrogens (tertiary/aromatic N) is 1. The molecule has 1 rings (SSSR count). The molecule has 1 heterocycles. The average molecular weight is 327 g/mol. The number of amides is 2. The van der Waals surface area contributed by atoms with Gasteiger partial charge in [-0.15, -0.1) is 0 Å². The molecule has 1 saturated heterocycles. The fraction of sp³-hybridized carbons (Fsp3) is 0.778. The van der Waals surface area contributed by atoms with Crippen LogP contribution in [-0.4, -0.2) is 39.8 Å². The molecule has 0 N–H and O–H groups in total. The third-order valence-corrected chi connectivity index (χ3v) is 2.75. The Labute approximate surface area is 102 Å². The van der Waals surface area contributed by atoms with Crippen molar-refractivity contribution < 1.29 is 19.1 Å². The first-order valence-electron chi connectivity index (χ1n) is 4.60. The Morgan fingerprint density at radius 2 is 2.27 bits per heavy atom. The number of carbonyl (C=O) groups is 2. The van der Waals surface area contributed by atoms with Gasteiger partial charge in [0, 0.05) is 4.43 Å². The van der Waals surface area contributed by atoms with Crippen molar-refractivity contribution in [3.63, 3.8) is 0 Å². The quantitative estimate of drug-likeness (QED) is 0.547.